The molecule has 0 bridgehead atoms. The number of primary amides is 1. The quantitative estimate of drug-likeness (QED) is 0.894. The van der Waals surface area contributed by atoms with Crippen molar-refractivity contribution >= 4 is 23.3 Å². The van der Waals surface area contributed by atoms with Crippen LogP contribution in [0.25, 0.3) is 0 Å². The lowest BCUT2D eigenvalue weighted by Crippen LogP contribution is -2.20. The van der Waals surface area contributed by atoms with Gasteiger partial charge in [0.1, 0.15) is 5.75 Å². The van der Waals surface area contributed by atoms with E-state index in [0.717, 1.165) is 5.56 Å². The first-order valence-corrected chi connectivity index (χ1v) is 5.65. The summed E-state index contributed by atoms with van der Waals surface area (Å²) in [6, 6.07) is 3.27. The molecule has 90 valence electrons. The number of carbonyl (C=O) groups excluding carboxylic acids is 2. The Balaban J connectivity index is 2.42. The smallest absolute Gasteiger partial charge is 0.255 e. The second-order valence-corrected chi connectivity index (χ2v) is 4.52. The third-order valence-corrected chi connectivity index (χ3v) is 3.12. The van der Waals surface area contributed by atoms with Gasteiger partial charge < -0.3 is 10.5 Å². The number of Topliss-reactive ketones (excluding diaryl/α,β-unsaturated/α-hetero) is 1. The molecule has 2 N–H and O–H groups in total. The van der Waals surface area contributed by atoms with E-state index in [2.05, 4.69) is 0 Å². The Bertz CT molecular complexity index is 499. The molecule has 1 aliphatic rings. The molecule has 0 saturated heterocycles. The molecule has 5 heteroatoms. The number of fused-ring (bicyclic) bond motifs is 1. The van der Waals surface area contributed by atoms with Crippen LogP contribution in [0.3, 0.4) is 0 Å². The second kappa shape index (κ2) is 4.37. The summed E-state index contributed by atoms with van der Waals surface area (Å²) < 4.78 is 5.23. The number of carbonyl (C=O) groups is 2. The molecule has 1 atom stereocenters. The lowest BCUT2D eigenvalue weighted by molar-refractivity contribution is -0.119. The SMILES string of the molecule is CC1CC(=O)c2c(OCC(N)=O)ccc(Cl)c21. The fraction of sp³-hybridized carbons (Fsp3) is 0.333. The van der Waals surface area contributed by atoms with E-state index >= 15 is 0 Å². The summed E-state index contributed by atoms with van der Waals surface area (Å²) in [5.74, 6) is -0.110. The highest BCUT2D eigenvalue weighted by molar-refractivity contribution is 6.32. The second-order valence-electron chi connectivity index (χ2n) is 4.12. The number of rotatable bonds is 3. The van der Waals surface area contributed by atoms with Crippen molar-refractivity contribution in [1.82, 2.24) is 0 Å². The summed E-state index contributed by atoms with van der Waals surface area (Å²) in [6.07, 6.45) is 0.423. The molecule has 1 aromatic carbocycles. The van der Waals surface area contributed by atoms with E-state index in [4.69, 9.17) is 22.1 Å². The Kier molecular flexibility index (Phi) is 3.07. The van der Waals surface area contributed by atoms with Crippen molar-refractivity contribution in [1.29, 1.82) is 0 Å². The fourth-order valence-electron chi connectivity index (χ4n) is 2.09. The molecule has 1 amide bonds. The van der Waals surface area contributed by atoms with Gasteiger partial charge in [0.25, 0.3) is 5.91 Å². The number of hydrogen-bond donors (Lipinski definition) is 1. The van der Waals surface area contributed by atoms with E-state index in [1.54, 1.807) is 12.1 Å². The maximum atomic E-state index is 11.8. The average molecular weight is 254 g/mol. The zero-order valence-electron chi connectivity index (χ0n) is 9.33. The van der Waals surface area contributed by atoms with Gasteiger partial charge in [0.2, 0.25) is 0 Å². The van der Waals surface area contributed by atoms with Crippen molar-refractivity contribution in [3.63, 3.8) is 0 Å². The summed E-state index contributed by atoms with van der Waals surface area (Å²) in [7, 11) is 0. The summed E-state index contributed by atoms with van der Waals surface area (Å²) in [6.45, 7) is 1.70. The molecule has 0 aliphatic heterocycles. The zero-order valence-corrected chi connectivity index (χ0v) is 10.1. The molecule has 1 unspecified atom stereocenters. The van der Waals surface area contributed by atoms with Gasteiger partial charge in [-0.1, -0.05) is 18.5 Å². The normalized spacial score (nSPS) is 18.0. The van der Waals surface area contributed by atoms with Crippen molar-refractivity contribution in [3.05, 3.63) is 28.3 Å². The van der Waals surface area contributed by atoms with Crippen LogP contribution in [0.5, 0.6) is 5.75 Å². The first-order valence-electron chi connectivity index (χ1n) is 5.27. The van der Waals surface area contributed by atoms with E-state index in [1.165, 1.54) is 0 Å². The van der Waals surface area contributed by atoms with Gasteiger partial charge in [-0.05, 0) is 23.6 Å². The maximum Gasteiger partial charge on any atom is 0.255 e. The molecular formula is C12H12ClNO3. The highest BCUT2D eigenvalue weighted by atomic mass is 35.5. The van der Waals surface area contributed by atoms with Gasteiger partial charge in [0.15, 0.2) is 12.4 Å². The van der Waals surface area contributed by atoms with Crippen LogP contribution in [0.4, 0.5) is 0 Å². The van der Waals surface area contributed by atoms with Crippen molar-refractivity contribution < 1.29 is 14.3 Å². The Hall–Kier alpha value is -1.55. The molecule has 0 aromatic heterocycles. The van der Waals surface area contributed by atoms with Gasteiger partial charge in [-0.15, -0.1) is 0 Å². The number of halogens is 1. The predicted molar refractivity (Wildman–Crippen MR) is 63.5 cm³/mol. The number of ketones is 1. The number of hydrogen-bond acceptors (Lipinski definition) is 3. The number of nitrogens with two attached hydrogens (primary N) is 1. The van der Waals surface area contributed by atoms with Crippen molar-refractivity contribution in [2.45, 2.75) is 19.3 Å². The largest absolute Gasteiger partial charge is 0.483 e. The molecular weight excluding hydrogens is 242 g/mol. The van der Waals surface area contributed by atoms with Crippen LogP contribution in [0, 0.1) is 0 Å². The minimum Gasteiger partial charge on any atom is -0.483 e. The maximum absolute atomic E-state index is 11.8. The van der Waals surface area contributed by atoms with E-state index in [1.807, 2.05) is 6.92 Å². The molecule has 1 aromatic rings. The topological polar surface area (TPSA) is 69.4 Å². The third-order valence-electron chi connectivity index (χ3n) is 2.79. The van der Waals surface area contributed by atoms with Crippen molar-refractivity contribution in [2.75, 3.05) is 6.61 Å². The van der Waals surface area contributed by atoms with E-state index in [9.17, 15) is 9.59 Å². The van der Waals surface area contributed by atoms with E-state index in [0.29, 0.717) is 22.8 Å². The molecule has 17 heavy (non-hydrogen) atoms. The molecule has 2 rings (SSSR count). The van der Waals surface area contributed by atoms with Gasteiger partial charge in [-0.2, -0.15) is 0 Å². The number of benzene rings is 1. The Labute approximate surface area is 104 Å². The van der Waals surface area contributed by atoms with Gasteiger partial charge in [-0.3, -0.25) is 9.59 Å². The minimum absolute atomic E-state index is 0.00512. The number of amides is 1. The highest BCUT2D eigenvalue weighted by Crippen LogP contribution is 2.42. The molecule has 0 radical (unpaired) electrons. The molecule has 1 aliphatic carbocycles. The van der Waals surface area contributed by atoms with Crippen LogP contribution in [0.2, 0.25) is 5.02 Å². The highest BCUT2D eigenvalue weighted by Gasteiger charge is 2.31. The Morgan fingerprint density at radius 3 is 2.94 bits per heavy atom. The first-order chi connectivity index (χ1) is 8.00. The van der Waals surface area contributed by atoms with Crippen LogP contribution < -0.4 is 10.5 Å². The summed E-state index contributed by atoms with van der Waals surface area (Å²) in [5, 5.41) is 0.560. The standard InChI is InChI=1S/C12H12ClNO3/c1-6-4-8(15)12-9(17-5-10(14)16)3-2-7(13)11(6)12/h2-3,6H,4-5H2,1H3,(H2,14,16). The molecule has 0 spiro atoms. The van der Waals surface area contributed by atoms with Crippen LogP contribution in [-0.2, 0) is 4.79 Å². The Morgan fingerprint density at radius 1 is 1.59 bits per heavy atom. The Morgan fingerprint density at radius 2 is 2.29 bits per heavy atom. The lowest BCUT2D eigenvalue weighted by atomic mass is 10.0. The van der Waals surface area contributed by atoms with Crippen LogP contribution in [-0.4, -0.2) is 18.3 Å². The van der Waals surface area contributed by atoms with Crippen LogP contribution in [0.1, 0.15) is 35.2 Å². The lowest BCUT2D eigenvalue weighted by Gasteiger charge is -2.11. The molecule has 0 heterocycles. The molecule has 4 nitrogen and oxygen atoms in total. The summed E-state index contributed by atoms with van der Waals surface area (Å²) in [4.78, 5) is 22.5. The first kappa shape index (κ1) is 11.9. The summed E-state index contributed by atoms with van der Waals surface area (Å²) in [5.41, 5.74) is 6.30. The molecule has 0 fully saturated rings. The van der Waals surface area contributed by atoms with E-state index < -0.39 is 5.91 Å². The third kappa shape index (κ3) is 2.13. The van der Waals surface area contributed by atoms with Crippen molar-refractivity contribution in [2.24, 2.45) is 5.73 Å². The van der Waals surface area contributed by atoms with Gasteiger partial charge in [0, 0.05) is 11.4 Å². The van der Waals surface area contributed by atoms with Crippen molar-refractivity contribution in [3.8, 4) is 5.75 Å². The zero-order chi connectivity index (χ0) is 12.6. The average Bonchev–Trinajstić information content (AvgIpc) is 2.55. The minimum atomic E-state index is -0.577. The van der Waals surface area contributed by atoms with Gasteiger partial charge in [-0.25, -0.2) is 0 Å². The monoisotopic (exact) mass is 253 g/mol. The predicted octanol–water partition coefficient (Wildman–Crippen LogP) is 1.89. The van der Waals surface area contributed by atoms with Crippen LogP contribution >= 0.6 is 11.6 Å². The van der Waals surface area contributed by atoms with Gasteiger partial charge in [0.05, 0.1) is 5.56 Å². The fourth-order valence-corrected chi connectivity index (χ4v) is 2.44. The van der Waals surface area contributed by atoms with Gasteiger partial charge >= 0.3 is 0 Å². The summed E-state index contributed by atoms with van der Waals surface area (Å²) >= 11 is 6.07. The number of ether oxygens (including phenoxy) is 1. The van der Waals surface area contributed by atoms with E-state index in [-0.39, 0.29) is 18.3 Å². The molecule has 0 saturated carbocycles. The van der Waals surface area contributed by atoms with Crippen LogP contribution in [0.15, 0.2) is 12.1 Å².